The number of hydrazone groups is 1. The molecule has 0 atom stereocenters. The van der Waals surface area contributed by atoms with Crippen molar-refractivity contribution in [2.45, 2.75) is 63.4 Å². The van der Waals surface area contributed by atoms with Crippen LogP contribution in [0.25, 0.3) is 0 Å². The summed E-state index contributed by atoms with van der Waals surface area (Å²) in [4.78, 5) is 30.6. The van der Waals surface area contributed by atoms with E-state index in [2.05, 4.69) is 30.4 Å². The number of aromatic nitrogens is 3. The number of amides is 1. The molecule has 3 N–H and O–H groups in total. The predicted molar refractivity (Wildman–Crippen MR) is 135 cm³/mol. The lowest BCUT2D eigenvalue weighted by Gasteiger charge is -2.28. The maximum atomic E-state index is 12.8. The van der Waals surface area contributed by atoms with Crippen molar-refractivity contribution in [2.24, 2.45) is 21.4 Å². The minimum Gasteiger partial charge on any atom is -0.488 e. The van der Waals surface area contributed by atoms with Crippen LogP contribution in [0.1, 0.15) is 71.9 Å². The summed E-state index contributed by atoms with van der Waals surface area (Å²) < 4.78 is 17.6. The fraction of sp³-hybridized carbons (Fsp3) is 0.538. The number of nitrogens with one attached hydrogen (secondary N) is 1. The van der Waals surface area contributed by atoms with Crippen LogP contribution in [0.3, 0.4) is 0 Å². The molecule has 2 aromatic rings. The molecule has 11 nitrogen and oxygen atoms in total. The molecule has 1 aliphatic heterocycles. The van der Waals surface area contributed by atoms with Gasteiger partial charge in [-0.1, -0.05) is 0 Å². The molecule has 0 aromatic carbocycles. The second-order valence-electron chi connectivity index (χ2n) is 10.3. The highest BCUT2D eigenvalue weighted by atomic mass is 16.7. The zero-order valence-corrected chi connectivity index (χ0v) is 20.6. The third kappa shape index (κ3) is 5.94. The number of ether oxygens (including phenoxy) is 3. The van der Waals surface area contributed by atoms with E-state index < -0.39 is 0 Å². The van der Waals surface area contributed by atoms with Crippen LogP contribution >= 0.6 is 0 Å². The first-order valence-electron chi connectivity index (χ1n) is 12.9. The van der Waals surface area contributed by atoms with Gasteiger partial charge in [0.1, 0.15) is 17.2 Å². The maximum absolute atomic E-state index is 12.8. The molecule has 3 heterocycles. The first-order valence-corrected chi connectivity index (χ1v) is 12.9. The van der Waals surface area contributed by atoms with Crippen molar-refractivity contribution < 1.29 is 19.0 Å². The summed E-state index contributed by atoms with van der Waals surface area (Å²) in [5.41, 5.74) is 3.10. The van der Waals surface area contributed by atoms with Crippen LogP contribution in [0.4, 0.5) is 0 Å². The van der Waals surface area contributed by atoms with Gasteiger partial charge in [0, 0.05) is 23.7 Å². The van der Waals surface area contributed by atoms with Crippen LogP contribution < -0.4 is 15.9 Å². The second kappa shape index (κ2) is 10.1. The van der Waals surface area contributed by atoms with Crippen molar-refractivity contribution in [3.05, 3.63) is 47.3 Å². The van der Waals surface area contributed by atoms with Gasteiger partial charge < -0.3 is 25.4 Å². The maximum Gasteiger partial charge on any atom is 0.253 e. The summed E-state index contributed by atoms with van der Waals surface area (Å²) in [6.45, 7) is 2.03. The Morgan fingerprint density at radius 1 is 1.14 bits per heavy atom. The molecule has 0 unspecified atom stereocenters. The summed E-state index contributed by atoms with van der Waals surface area (Å²) in [6, 6.07) is 1.67. The lowest BCUT2D eigenvalue weighted by molar-refractivity contribution is -0.201. The lowest BCUT2D eigenvalue weighted by Crippen LogP contribution is -2.35. The molecule has 37 heavy (non-hydrogen) atoms. The molecule has 4 aliphatic rings. The summed E-state index contributed by atoms with van der Waals surface area (Å²) in [5.74, 6) is 6.38. The number of carbonyl (C=O) groups excluding carboxylic acids is 1. The summed E-state index contributed by atoms with van der Waals surface area (Å²) in [5, 5.41) is 6.74. The molecule has 194 valence electrons. The Morgan fingerprint density at radius 2 is 1.95 bits per heavy atom. The quantitative estimate of drug-likeness (QED) is 0.284. The standard InChI is InChI=1S/C26H31N7O4/c27-33-21(11-28-13-23-35-14-26(5-6-26)15-36-23)24-22(37-19-3-4-19)7-17(8-31-24)25(34)32-10-18-9-30-20(12-29-18)16-1-2-16/h7-9,11-12,16,19,23H,1-6,10,13-15,27H2,(H,32,34)/b28-11?,33-21+. The van der Waals surface area contributed by atoms with Crippen molar-refractivity contribution in [3.8, 4) is 5.75 Å². The van der Waals surface area contributed by atoms with E-state index in [1.54, 1.807) is 24.7 Å². The molecule has 4 fully saturated rings. The Kier molecular flexibility index (Phi) is 6.56. The number of aliphatic imine (C=N–C) groups is 1. The first kappa shape index (κ1) is 23.9. The number of pyridine rings is 1. The highest BCUT2D eigenvalue weighted by Gasteiger charge is 2.46. The van der Waals surface area contributed by atoms with Crippen molar-refractivity contribution >= 4 is 17.8 Å². The molecule has 3 saturated carbocycles. The molecule has 6 rings (SSSR count). The summed E-state index contributed by atoms with van der Waals surface area (Å²) in [7, 11) is 0. The second-order valence-corrected chi connectivity index (χ2v) is 10.3. The number of nitrogens with zero attached hydrogens (tertiary/aromatic N) is 5. The Morgan fingerprint density at radius 3 is 2.59 bits per heavy atom. The van der Waals surface area contributed by atoms with Gasteiger partial charge in [-0.3, -0.25) is 19.8 Å². The van der Waals surface area contributed by atoms with Crippen LogP contribution in [0.5, 0.6) is 5.75 Å². The van der Waals surface area contributed by atoms with Gasteiger partial charge >= 0.3 is 0 Å². The fourth-order valence-corrected chi connectivity index (χ4v) is 4.12. The van der Waals surface area contributed by atoms with E-state index in [-0.39, 0.29) is 30.3 Å². The third-order valence-corrected chi connectivity index (χ3v) is 7.04. The molecule has 1 spiro atoms. The Hall–Kier alpha value is -3.44. The molecule has 3 aliphatic carbocycles. The predicted octanol–water partition coefficient (Wildman–Crippen LogP) is 2.11. The van der Waals surface area contributed by atoms with Crippen LogP contribution in [0, 0.1) is 5.41 Å². The minimum absolute atomic E-state index is 0.0915. The molecule has 1 amide bonds. The summed E-state index contributed by atoms with van der Waals surface area (Å²) >= 11 is 0. The number of nitrogens with two attached hydrogens (primary N) is 1. The van der Waals surface area contributed by atoms with Crippen molar-refractivity contribution in [3.63, 3.8) is 0 Å². The summed E-state index contributed by atoms with van der Waals surface area (Å²) in [6.07, 6.45) is 12.8. The lowest BCUT2D eigenvalue weighted by atomic mass is 10.1. The minimum atomic E-state index is -0.377. The van der Waals surface area contributed by atoms with Gasteiger partial charge in [-0.25, -0.2) is 4.98 Å². The average Bonchev–Trinajstić information content (AvgIpc) is 3.78. The molecule has 1 saturated heterocycles. The van der Waals surface area contributed by atoms with E-state index >= 15 is 0 Å². The zero-order chi connectivity index (χ0) is 25.2. The van der Waals surface area contributed by atoms with E-state index in [9.17, 15) is 4.79 Å². The van der Waals surface area contributed by atoms with Gasteiger partial charge in [-0.2, -0.15) is 5.10 Å². The van der Waals surface area contributed by atoms with E-state index in [4.69, 9.17) is 20.1 Å². The average molecular weight is 506 g/mol. The smallest absolute Gasteiger partial charge is 0.253 e. The van der Waals surface area contributed by atoms with Crippen LogP contribution in [-0.4, -0.2) is 64.9 Å². The number of hydrogen-bond acceptors (Lipinski definition) is 10. The van der Waals surface area contributed by atoms with Gasteiger partial charge in [-0.05, 0) is 44.6 Å². The van der Waals surface area contributed by atoms with E-state index in [0.29, 0.717) is 54.1 Å². The van der Waals surface area contributed by atoms with Gasteiger partial charge in [-0.15, -0.1) is 0 Å². The molecule has 0 bridgehead atoms. The van der Waals surface area contributed by atoms with Crippen LogP contribution in [0.15, 0.2) is 34.8 Å². The molecule has 2 aromatic heterocycles. The Balaban J connectivity index is 1.09. The van der Waals surface area contributed by atoms with Crippen molar-refractivity contribution in [1.82, 2.24) is 20.3 Å². The molecular weight excluding hydrogens is 474 g/mol. The topological polar surface area (TPSA) is 146 Å². The normalized spacial score (nSPS) is 21.4. The number of rotatable bonds is 10. The molecule has 11 heteroatoms. The SMILES string of the molecule is N/N=C(\C=NCC1OCC2(CC2)CO1)c1ncc(C(=O)NCc2cnc(C3CC3)cn2)cc1OC1CC1. The largest absolute Gasteiger partial charge is 0.488 e. The molecule has 0 radical (unpaired) electrons. The fourth-order valence-electron chi connectivity index (χ4n) is 4.12. The van der Waals surface area contributed by atoms with Crippen LogP contribution in [-0.2, 0) is 16.0 Å². The van der Waals surface area contributed by atoms with Crippen molar-refractivity contribution in [2.75, 3.05) is 19.8 Å². The van der Waals surface area contributed by atoms with Crippen LogP contribution in [0.2, 0.25) is 0 Å². The van der Waals surface area contributed by atoms with Gasteiger partial charge in [0.05, 0.1) is 61.8 Å². The Labute approximate surface area is 214 Å². The van der Waals surface area contributed by atoms with E-state index in [0.717, 1.165) is 31.4 Å². The molecular formula is C26H31N7O4. The highest BCUT2D eigenvalue weighted by Crippen LogP contribution is 2.48. The number of carbonyl (C=O) groups is 1. The van der Waals surface area contributed by atoms with Crippen molar-refractivity contribution in [1.29, 1.82) is 0 Å². The first-order chi connectivity index (χ1) is 18.1. The van der Waals surface area contributed by atoms with Gasteiger partial charge in [0.15, 0.2) is 6.29 Å². The van der Waals surface area contributed by atoms with E-state index in [1.807, 2.05) is 0 Å². The van der Waals surface area contributed by atoms with E-state index in [1.165, 1.54) is 19.0 Å². The zero-order valence-electron chi connectivity index (χ0n) is 20.6. The van der Waals surface area contributed by atoms with Gasteiger partial charge in [0.2, 0.25) is 0 Å². The van der Waals surface area contributed by atoms with Gasteiger partial charge in [0.25, 0.3) is 5.91 Å². The highest BCUT2D eigenvalue weighted by molar-refractivity contribution is 6.38. The number of hydrogen-bond donors (Lipinski definition) is 2. The third-order valence-electron chi connectivity index (χ3n) is 7.04. The monoisotopic (exact) mass is 505 g/mol. The Bertz CT molecular complexity index is 1190.